The van der Waals surface area contributed by atoms with E-state index in [1.807, 2.05) is 0 Å². The molecule has 2 saturated heterocycles. The molecule has 28 heavy (non-hydrogen) atoms. The molecule has 0 bridgehead atoms. The lowest BCUT2D eigenvalue weighted by molar-refractivity contribution is -0.132. The summed E-state index contributed by atoms with van der Waals surface area (Å²) in [6, 6.07) is 7.90. The van der Waals surface area contributed by atoms with Crippen LogP contribution >= 0.6 is 0 Å². The summed E-state index contributed by atoms with van der Waals surface area (Å²) in [6.45, 7) is 0. The Kier molecular flexibility index (Phi) is 3.70. The molecule has 0 aliphatic carbocycles. The first-order valence-electron chi connectivity index (χ1n) is 8.19. The van der Waals surface area contributed by atoms with E-state index in [0.717, 1.165) is 4.90 Å². The van der Waals surface area contributed by atoms with Gasteiger partial charge in [-0.05, 0) is 29.8 Å². The first-order valence-corrected chi connectivity index (χ1v) is 8.19. The lowest BCUT2D eigenvalue weighted by Crippen LogP contribution is -2.59. The molecular formula is C18H14N4O6. The van der Waals surface area contributed by atoms with Crippen LogP contribution in [0.1, 0.15) is 17.2 Å². The first kappa shape index (κ1) is 17.3. The van der Waals surface area contributed by atoms with E-state index >= 15 is 0 Å². The van der Waals surface area contributed by atoms with Crippen molar-refractivity contribution in [2.45, 2.75) is 11.7 Å². The van der Waals surface area contributed by atoms with Crippen LogP contribution < -0.4 is 16.0 Å². The molecule has 142 valence electrons. The van der Waals surface area contributed by atoms with Crippen LogP contribution in [0.15, 0.2) is 48.5 Å². The zero-order valence-corrected chi connectivity index (χ0v) is 14.2. The van der Waals surface area contributed by atoms with E-state index < -0.39 is 35.6 Å². The van der Waals surface area contributed by atoms with Crippen molar-refractivity contribution in [3.63, 3.8) is 0 Å². The average molecular weight is 382 g/mol. The second-order valence-electron chi connectivity index (χ2n) is 6.32. The molecule has 2 aliphatic rings. The molecule has 10 heteroatoms. The zero-order chi connectivity index (χ0) is 20.1. The van der Waals surface area contributed by atoms with Gasteiger partial charge in [0.15, 0.2) is 0 Å². The summed E-state index contributed by atoms with van der Waals surface area (Å²) in [5, 5.41) is 25.7. The molecule has 5 N–H and O–H groups in total. The minimum atomic E-state index is -2.01. The molecule has 6 amide bonds. The van der Waals surface area contributed by atoms with Crippen LogP contribution in [0.3, 0.4) is 0 Å². The normalized spacial score (nSPS) is 24.1. The second kappa shape index (κ2) is 5.98. The summed E-state index contributed by atoms with van der Waals surface area (Å²) in [5.74, 6) is -1.67. The van der Waals surface area contributed by atoms with Gasteiger partial charge >= 0.3 is 12.1 Å². The summed E-state index contributed by atoms with van der Waals surface area (Å²) in [7, 11) is 0. The van der Waals surface area contributed by atoms with Crippen LogP contribution in [0, 0.1) is 0 Å². The second-order valence-corrected chi connectivity index (χ2v) is 6.32. The summed E-state index contributed by atoms with van der Waals surface area (Å²) in [6.07, 6.45) is 0. The fraction of sp³-hybridized carbons (Fsp3) is 0.111. The van der Waals surface area contributed by atoms with Crippen molar-refractivity contribution in [1.82, 2.24) is 20.9 Å². The van der Waals surface area contributed by atoms with Crippen molar-refractivity contribution in [3.05, 3.63) is 59.7 Å². The Morgan fingerprint density at radius 1 is 0.821 bits per heavy atom. The maximum absolute atomic E-state index is 12.8. The Hall–Kier alpha value is -4.08. The topological polar surface area (TPSA) is 148 Å². The molecule has 2 aromatic rings. The predicted molar refractivity (Wildman–Crippen MR) is 92.7 cm³/mol. The van der Waals surface area contributed by atoms with Crippen LogP contribution in [0.5, 0.6) is 11.5 Å². The van der Waals surface area contributed by atoms with Crippen LogP contribution in [0.25, 0.3) is 0 Å². The Balaban J connectivity index is 1.91. The standard InChI is InChI=1S/C18H14N4O6/c23-11-5-1-9(2-6-11)13-14(25)19-17(28)22(13)18(15(26)20-16(27)21-18)10-3-7-12(24)8-4-10/h1-8,13,23-24H,(H,19,25,28)(H2,20,21,26,27). The smallest absolute Gasteiger partial charge is 0.327 e. The number of benzene rings is 2. The van der Waals surface area contributed by atoms with E-state index in [4.69, 9.17) is 0 Å². The molecule has 2 unspecified atom stereocenters. The number of carbonyl (C=O) groups excluding carboxylic acids is 4. The number of rotatable bonds is 3. The minimum absolute atomic E-state index is 0.0415. The van der Waals surface area contributed by atoms with Crippen LogP contribution in [-0.4, -0.2) is 39.0 Å². The number of imide groups is 2. The van der Waals surface area contributed by atoms with E-state index in [9.17, 15) is 29.4 Å². The number of amides is 6. The molecule has 0 radical (unpaired) electrons. The molecular weight excluding hydrogens is 368 g/mol. The molecule has 2 aromatic carbocycles. The van der Waals surface area contributed by atoms with Crippen LogP contribution in [-0.2, 0) is 15.3 Å². The van der Waals surface area contributed by atoms with Gasteiger partial charge in [0.25, 0.3) is 11.8 Å². The van der Waals surface area contributed by atoms with E-state index in [-0.39, 0.29) is 17.1 Å². The van der Waals surface area contributed by atoms with Crippen LogP contribution in [0.2, 0.25) is 0 Å². The van der Waals surface area contributed by atoms with E-state index in [1.165, 1.54) is 48.5 Å². The molecule has 2 aliphatic heterocycles. The third-order valence-electron chi connectivity index (χ3n) is 4.66. The summed E-state index contributed by atoms with van der Waals surface area (Å²) < 4.78 is 0. The highest BCUT2D eigenvalue weighted by Gasteiger charge is 2.60. The Labute approximate surface area is 157 Å². The number of hydrogen-bond donors (Lipinski definition) is 5. The third kappa shape index (κ3) is 2.42. The highest BCUT2D eigenvalue weighted by molar-refractivity contribution is 6.12. The summed E-state index contributed by atoms with van der Waals surface area (Å²) in [4.78, 5) is 51.0. The van der Waals surface area contributed by atoms with Gasteiger partial charge in [0.1, 0.15) is 17.5 Å². The quantitative estimate of drug-likeness (QED) is 0.485. The fourth-order valence-electron chi connectivity index (χ4n) is 3.43. The van der Waals surface area contributed by atoms with Crippen molar-refractivity contribution < 1.29 is 29.4 Å². The van der Waals surface area contributed by atoms with E-state index in [0.29, 0.717) is 5.56 Å². The molecule has 0 saturated carbocycles. The average Bonchev–Trinajstić information content (AvgIpc) is 3.11. The molecule has 2 atom stereocenters. The van der Waals surface area contributed by atoms with Crippen molar-refractivity contribution in [2.24, 2.45) is 0 Å². The lowest BCUT2D eigenvalue weighted by Gasteiger charge is -2.38. The number of carbonyl (C=O) groups is 4. The molecule has 0 spiro atoms. The van der Waals surface area contributed by atoms with Gasteiger partial charge in [0.2, 0.25) is 5.66 Å². The van der Waals surface area contributed by atoms with E-state index in [2.05, 4.69) is 16.0 Å². The molecule has 2 heterocycles. The maximum Gasteiger partial charge on any atom is 0.327 e. The van der Waals surface area contributed by atoms with Gasteiger partial charge in [-0.25, -0.2) is 9.59 Å². The summed E-state index contributed by atoms with van der Waals surface area (Å²) in [5.41, 5.74) is -1.51. The van der Waals surface area contributed by atoms with Gasteiger partial charge in [-0.3, -0.25) is 25.1 Å². The van der Waals surface area contributed by atoms with Crippen molar-refractivity contribution in [3.8, 4) is 11.5 Å². The monoisotopic (exact) mass is 382 g/mol. The number of nitrogens with one attached hydrogen (secondary N) is 3. The Morgan fingerprint density at radius 2 is 1.39 bits per heavy atom. The van der Waals surface area contributed by atoms with Crippen molar-refractivity contribution in [1.29, 1.82) is 0 Å². The number of nitrogens with zero attached hydrogens (tertiary/aromatic N) is 1. The molecule has 4 rings (SSSR count). The van der Waals surface area contributed by atoms with Gasteiger partial charge < -0.3 is 15.5 Å². The third-order valence-corrected chi connectivity index (χ3v) is 4.66. The number of urea groups is 2. The molecule has 0 aromatic heterocycles. The van der Waals surface area contributed by atoms with Gasteiger partial charge in [-0.1, -0.05) is 24.3 Å². The number of aromatic hydroxyl groups is 2. The Bertz CT molecular complexity index is 1000. The highest BCUT2D eigenvalue weighted by Crippen LogP contribution is 2.39. The largest absolute Gasteiger partial charge is 0.508 e. The van der Waals surface area contributed by atoms with Gasteiger partial charge in [0.05, 0.1) is 0 Å². The number of hydrogen-bond acceptors (Lipinski definition) is 6. The number of phenols is 2. The zero-order valence-electron chi connectivity index (χ0n) is 14.2. The summed E-state index contributed by atoms with van der Waals surface area (Å²) >= 11 is 0. The number of phenolic OH excluding ortho intramolecular Hbond substituents is 2. The highest BCUT2D eigenvalue weighted by atomic mass is 16.3. The van der Waals surface area contributed by atoms with Crippen molar-refractivity contribution in [2.75, 3.05) is 0 Å². The molecule has 2 fully saturated rings. The van der Waals surface area contributed by atoms with Crippen molar-refractivity contribution >= 4 is 23.9 Å². The lowest BCUT2D eigenvalue weighted by atomic mass is 9.94. The van der Waals surface area contributed by atoms with E-state index in [1.54, 1.807) is 0 Å². The predicted octanol–water partition coefficient (Wildman–Crippen LogP) is 0.383. The fourth-order valence-corrected chi connectivity index (χ4v) is 3.43. The molecule has 10 nitrogen and oxygen atoms in total. The van der Waals surface area contributed by atoms with Gasteiger partial charge in [-0.15, -0.1) is 0 Å². The van der Waals surface area contributed by atoms with Gasteiger partial charge in [0, 0.05) is 5.56 Å². The SMILES string of the molecule is O=C1NC(=O)C(c2ccc(O)cc2)(N2C(=O)NC(=O)C2c2ccc(O)cc2)N1. The van der Waals surface area contributed by atoms with Crippen LogP contribution in [0.4, 0.5) is 9.59 Å². The maximum atomic E-state index is 12.8. The van der Waals surface area contributed by atoms with Gasteiger partial charge in [-0.2, -0.15) is 0 Å². The Morgan fingerprint density at radius 3 is 1.93 bits per heavy atom. The first-order chi connectivity index (χ1) is 13.3. The minimum Gasteiger partial charge on any atom is -0.508 e.